The number of aromatic amines is 1. The molecule has 2 N–H and O–H groups in total. The quantitative estimate of drug-likeness (QED) is 0.289. The normalized spacial score (nSPS) is 14.6. The smallest absolute Gasteiger partial charge is 0.258 e. The number of rotatable bonds is 6. The number of imidazole rings is 1. The fourth-order valence-electron chi connectivity index (χ4n) is 5.58. The molecule has 1 aliphatic rings. The van der Waals surface area contributed by atoms with E-state index in [0.29, 0.717) is 11.3 Å². The van der Waals surface area contributed by atoms with Crippen LogP contribution in [0.15, 0.2) is 71.5 Å². The Morgan fingerprint density at radius 1 is 1.02 bits per heavy atom. The number of nitrogens with zero attached hydrogens (tertiary/aromatic N) is 4. The van der Waals surface area contributed by atoms with Gasteiger partial charge >= 0.3 is 0 Å². The van der Waals surface area contributed by atoms with Crippen molar-refractivity contribution >= 4 is 45.2 Å². The fourth-order valence-corrected chi connectivity index (χ4v) is 5.58. The van der Waals surface area contributed by atoms with Crippen LogP contribution in [0, 0.1) is 19.7 Å². The van der Waals surface area contributed by atoms with E-state index in [2.05, 4.69) is 50.4 Å². The molecule has 1 saturated heterocycles. The molecule has 0 aliphatic carbocycles. The van der Waals surface area contributed by atoms with Crippen molar-refractivity contribution in [2.24, 2.45) is 7.05 Å². The highest BCUT2D eigenvalue weighted by Gasteiger charge is 2.18. The van der Waals surface area contributed by atoms with Crippen molar-refractivity contribution in [1.29, 1.82) is 0 Å². The maximum Gasteiger partial charge on any atom is 0.258 e. The van der Waals surface area contributed by atoms with E-state index in [1.165, 1.54) is 17.8 Å². The van der Waals surface area contributed by atoms with E-state index in [1.807, 2.05) is 49.7 Å². The lowest BCUT2D eigenvalue weighted by molar-refractivity contribution is 0.284. The minimum atomic E-state index is -0.281. The maximum absolute atomic E-state index is 13.6. The number of H-pyrrole nitrogens is 1. The first-order valence-electron chi connectivity index (χ1n) is 13.6. The van der Waals surface area contributed by atoms with E-state index >= 15 is 0 Å². The molecule has 0 atom stereocenters. The van der Waals surface area contributed by atoms with Gasteiger partial charge in [0.2, 0.25) is 5.95 Å². The number of nitrogens with one attached hydrogen (secondary N) is 2. The number of hydrogen-bond donors (Lipinski definition) is 2. The largest absolute Gasteiger partial charge is 0.369 e. The van der Waals surface area contributed by atoms with Crippen LogP contribution in [0.3, 0.4) is 0 Å². The highest BCUT2D eigenvalue weighted by Crippen LogP contribution is 2.30. The summed E-state index contributed by atoms with van der Waals surface area (Å²) in [5, 5.41) is 4.81. The predicted molar refractivity (Wildman–Crippen MR) is 162 cm³/mol. The summed E-state index contributed by atoms with van der Waals surface area (Å²) in [6.45, 7) is 8.72. The van der Waals surface area contributed by atoms with Crippen LogP contribution in [-0.2, 0) is 7.05 Å². The summed E-state index contributed by atoms with van der Waals surface area (Å²) < 4.78 is 15.5. The molecule has 0 spiro atoms. The summed E-state index contributed by atoms with van der Waals surface area (Å²) in [5.41, 5.74) is 6.00. The molecule has 0 bridgehead atoms. The lowest BCUT2D eigenvalue weighted by Gasteiger charge is -2.35. The molecule has 0 radical (unpaired) electrons. The number of para-hydroxylation sites is 1. The van der Waals surface area contributed by atoms with Gasteiger partial charge in [0.15, 0.2) is 0 Å². The minimum absolute atomic E-state index is 0.144. The van der Waals surface area contributed by atoms with Gasteiger partial charge in [-0.05, 0) is 72.8 Å². The van der Waals surface area contributed by atoms with Crippen LogP contribution in [0.2, 0.25) is 0 Å². The molecule has 40 heavy (non-hydrogen) atoms. The number of pyridine rings is 1. The van der Waals surface area contributed by atoms with Gasteiger partial charge in [-0.3, -0.25) is 9.69 Å². The third-order valence-electron chi connectivity index (χ3n) is 7.90. The van der Waals surface area contributed by atoms with Gasteiger partial charge in [-0.25, -0.2) is 9.37 Å². The molecule has 3 heterocycles. The molecular formula is C32H33FN6O. The van der Waals surface area contributed by atoms with Crippen LogP contribution < -0.4 is 15.8 Å². The number of piperazine rings is 1. The van der Waals surface area contributed by atoms with E-state index in [4.69, 9.17) is 4.98 Å². The summed E-state index contributed by atoms with van der Waals surface area (Å²) in [4.78, 5) is 26.1. The number of anilines is 3. The molecule has 204 valence electrons. The van der Waals surface area contributed by atoms with Crippen LogP contribution in [-0.4, -0.2) is 52.2 Å². The minimum Gasteiger partial charge on any atom is -0.369 e. The average molecular weight is 537 g/mol. The van der Waals surface area contributed by atoms with Gasteiger partial charge in [-0.15, -0.1) is 0 Å². The van der Waals surface area contributed by atoms with E-state index in [-0.39, 0.29) is 11.4 Å². The number of hydrogen-bond acceptors (Lipinski definition) is 5. The monoisotopic (exact) mass is 536 g/mol. The predicted octanol–water partition coefficient (Wildman–Crippen LogP) is 5.75. The molecule has 6 rings (SSSR count). The lowest BCUT2D eigenvalue weighted by atomic mass is 10.0. The first kappa shape index (κ1) is 25.8. The van der Waals surface area contributed by atoms with Gasteiger partial charge < -0.3 is 19.8 Å². The summed E-state index contributed by atoms with van der Waals surface area (Å²) in [5.74, 6) is 0.308. The molecule has 3 aromatic carbocycles. The van der Waals surface area contributed by atoms with Crippen LogP contribution >= 0.6 is 0 Å². The summed E-state index contributed by atoms with van der Waals surface area (Å²) in [6, 6.07) is 19.1. The molecule has 0 unspecified atom stereocenters. The molecule has 2 aromatic heterocycles. The Morgan fingerprint density at radius 2 is 1.80 bits per heavy atom. The van der Waals surface area contributed by atoms with Crippen molar-refractivity contribution in [2.75, 3.05) is 42.9 Å². The summed E-state index contributed by atoms with van der Waals surface area (Å²) in [7, 11) is 1.89. The second kappa shape index (κ2) is 10.6. The highest BCUT2D eigenvalue weighted by atomic mass is 19.1. The van der Waals surface area contributed by atoms with Crippen LogP contribution in [0.5, 0.6) is 0 Å². The van der Waals surface area contributed by atoms with E-state index in [1.54, 1.807) is 6.07 Å². The van der Waals surface area contributed by atoms with E-state index < -0.39 is 0 Å². The van der Waals surface area contributed by atoms with Crippen molar-refractivity contribution in [3.8, 4) is 0 Å². The average Bonchev–Trinajstić information content (AvgIpc) is 3.28. The Hall–Kier alpha value is -4.43. The van der Waals surface area contributed by atoms with Gasteiger partial charge in [0.05, 0.1) is 16.4 Å². The Morgan fingerprint density at radius 3 is 2.55 bits per heavy atom. The van der Waals surface area contributed by atoms with Crippen molar-refractivity contribution in [3.63, 3.8) is 0 Å². The third-order valence-corrected chi connectivity index (χ3v) is 7.90. The topological polar surface area (TPSA) is 69.2 Å². The van der Waals surface area contributed by atoms with Gasteiger partial charge in [-0.1, -0.05) is 30.3 Å². The zero-order valence-corrected chi connectivity index (χ0v) is 23.0. The van der Waals surface area contributed by atoms with E-state index in [9.17, 15) is 9.18 Å². The summed E-state index contributed by atoms with van der Waals surface area (Å²) >= 11 is 0. The molecular weight excluding hydrogens is 503 g/mol. The van der Waals surface area contributed by atoms with Crippen molar-refractivity contribution < 1.29 is 4.39 Å². The third kappa shape index (κ3) is 4.86. The summed E-state index contributed by atoms with van der Waals surface area (Å²) in [6.07, 6.45) is 4.16. The SMILES string of the molecule is Cc1cc(F)ccc1Nc1nc2ccc3c(C)c(C=CCN4CCN(c5ccccc5)CC4)[nH]c(=O)c3c2n1C. The fraction of sp³-hybridized carbons (Fsp3) is 0.250. The molecule has 7 nitrogen and oxygen atoms in total. The number of fused-ring (bicyclic) bond motifs is 3. The molecule has 1 aliphatic heterocycles. The molecule has 5 aromatic rings. The van der Waals surface area contributed by atoms with E-state index in [0.717, 1.165) is 71.7 Å². The highest BCUT2D eigenvalue weighted by molar-refractivity contribution is 6.06. The molecule has 0 saturated carbocycles. The van der Waals surface area contributed by atoms with Crippen LogP contribution in [0.25, 0.3) is 27.9 Å². The first-order valence-corrected chi connectivity index (χ1v) is 13.6. The lowest BCUT2D eigenvalue weighted by Crippen LogP contribution is -2.46. The number of aromatic nitrogens is 3. The Labute approximate surface area is 232 Å². The molecule has 1 fully saturated rings. The Bertz CT molecular complexity index is 1780. The Balaban J connectivity index is 1.23. The second-order valence-electron chi connectivity index (χ2n) is 10.5. The van der Waals surface area contributed by atoms with Crippen molar-refractivity contribution in [2.45, 2.75) is 13.8 Å². The van der Waals surface area contributed by atoms with Gasteiger partial charge in [-0.2, -0.15) is 0 Å². The maximum atomic E-state index is 13.6. The molecule has 8 heteroatoms. The van der Waals surface area contributed by atoms with Gasteiger partial charge in [0.25, 0.3) is 5.56 Å². The molecule has 0 amide bonds. The van der Waals surface area contributed by atoms with Crippen molar-refractivity contribution in [1.82, 2.24) is 19.4 Å². The second-order valence-corrected chi connectivity index (χ2v) is 10.5. The van der Waals surface area contributed by atoms with Gasteiger partial charge in [0.1, 0.15) is 5.82 Å². The zero-order chi connectivity index (χ0) is 27.8. The van der Waals surface area contributed by atoms with Crippen LogP contribution in [0.1, 0.15) is 16.8 Å². The van der Waals surface area contributed by atoms with Crippen LogP contribution in [0.4, 0.5) is 21.7 Å². The number of benzene rings is 3. The standard InChI is InChI=1S/C32H33FN6O/c1-21-20-23(33)11-13-26(21)35-32-36-28-14-12-25-22(2)27(34-31(40)29(25)30(28)37(32)3)10-7-15-38-16-18-39(19-17-38)24-8-5-4-6-9-24/h4-14,20H,15-19H2,1-3H3,(H,34,40)(H,35,36). The van der Waals surface area contributed by atoms with Crippen molar-refractivity contribution in [3.05, 3.63) is 99.7 Å². The van der Waals surface area contributed by atoms with Gasteiger partial charge in [0, 0.05) is 56.8 Å². The first-order chi connectivity index (χ1) is 19.4. The Kier molecular flexibility index (Phi) is 6.86. The zero-order valence-electron chi connectivity index (χ0n) is 23.0. The number of aryl methyl sites for hydroxylation is 3. The number of halogens is 1.